The summed E-state index contributed by atoms with van der Waals surface area (Å²) in [6.07, 6.45) is 7.32. The van der Waals surface area contributed by atoms with Crippen molar-refractivity contribution in [1.82, 2.24) is 15.2 Å². The molecule has 1 aliphatic heterocycles. The fraction of sp³-hybridized carbons (Fsp3) is 0.409. The monoisotopic (exact) mass is 365 g/mol. The van der Waals surface area contributed by atoms with Crippen LogP contribution in [-0.2, 0) is 22.4 Å². The Bertz CT molecular complexity index is 734. The number of hydrogen-bond acceptors (Lipinski definition) is 3. The van der Waals surface area contributed by atoms with Gasteiger partial charge in [0.05, 0.1) is 5.92 Å². The molecule has 1 atom stereocenters. The number of rotatable bonds is 8. The van der Waals surface area contributed by atoms with Crippen molar-refractivity contribution >= 4 is 11.8 Å². The van der Waals surface area contributed by atoms with Gasteiger partial charge < -0.3 is 10.2 Å². The fourth-order valence-electron chi connectivity index (χ4n) is 3.48. The van der Waals surface area contributed by atoms with Crippen LogP contribution in [0.5, 0.6) is 0 Å². The number of amides is 2. The third kappa shape index (κ3) is 5.91. The van der Waals surface area contributed by atoms with Crippen molar-refractivity contribution in [3.8, 4) is 0 Å². The summed E-state index contributed by atoms with van der Waals surface area (Å²) < 4.78 is 0. The molecule has 0 bridgehead atoms. The van der Waals surface area contributed by atoms with Gasteiger partial charge in [0, 0.05) is 38.4 Å². The summed E-state index contributed by atoms with van der Waals surface area (Å²) in [6, 6.07) is 14.2. The lowest BCUT2D eigenvalue weighted by Gasteiger charge is -2.32. The lowest BCUT2D eigenvalue weighted by molar-refractivity contribution is -0.138. The zero-order valence-corrected chi connectivity index (χ0v) is 15.6. The first-order valence-electron chi connectivity index (χ1n) is 9.70. The Balaban J connectivity index is 1.41. The minimum absolute atomic E-state index is 0.0550. The summed E-state index contributed by atoms with van der Waals surface area (Å²) in [4.78, 5) is 30.6. The molecule has 1 aromatic heterocycles. The van der Waals surface area contributed by atoms with Gasteiger partial charge in [-0.1, -0.05) is 36.4 Å². The first-order chi connectivity index (χ1) is 13.2. The summed E-state index contributed by atoms with van der Waals surface area (Å²) in [5.74, 6) is 0.121. The van der Waals surface area contributed by atoms with Gasteiger partial charge in [0.1, 0.15) is 0 Å². The van der Waals surface area contributed by atoms with E-state index in [1.807, 2.05) is 41.4 Å². The highest BCUT2D eigenvalue weighted by Crippen LogP contribution is 2.18. The summed E-state index contributed by atoms with van der Waals surface area (Å²) >= 11 is 0. The number of aromatic nitrogens is 1. The number of nitrogens with zero attached hydrogens (tertiary/aromatic N) is 2. The molecule has 1 unspecified atom stereocenters. The fourth-order valence-corrected chi connectivity index (χ4v) is 3.48. The van der Waals surface area contributed by atoms with Crippen molar-refractivity contribution in [2.24, 2.45) is 5.92 Å². The molecule has 0 saturated carbocycles. The summed E-state index contributed by atoms with van der Waals surface area (Å²) in [5, 5.41) is 3.01. The van der Waals surface area contributed by atoms with Gasteiger partial charge in [-0.25, -0.2) is 0 Å². The van der Waals surface area contributed by atoms with E-state index < -0.39 is 0 Å². The highest BCUT2D eigenvalue weighted by atomic mass is 16.2. The van der Waals surface area contributed by atoms with Gasteiger partial charge in [0.25, 0.3) is 0 Å². The van der Waals surface area contributed by atoms with E-state index in [1.165, 1.54) is 5.56 Å². The summed E-state index contributed by atoms with van der Waals surface area (Å²) in [7, 11) is 0. The van der Waals surface area contributed by atoms with E-state index >= 15 is 0 Å². The zero-order valence-electron chi connectivity index (χ0n) is 15.6. The molecule has 1 saturated heterocycles. The van der Waals surface area contributed by atoms with Crippen LogP contribution in [0, 0.1) is 5.92 Å². The molecule has 5 nitrogen and oxygen atoms in total. The molecule has 1 aromatic carbocycles. The van der Waals surface area contributed by atoms with Crippen LogP contribution in [0.3, 0.4) is 0 Å². The van der Waals surface area contributed by atoms with E-state index in [0.29, 0.717) is 32.5 Å². The Labute approximate surface area is 160 Å². The van der Waals surface area contributed by atoms with E-state index in [9.17, 15) is 9.59 Å². The third-order valence-corrected chi connectivity index (χ3v) is 5.04. The molecule has 0 spiro atoms. The minimum atomic E-state index is -0.103. The number of pyridine rings is 1. The van der Waals surface area contributed by atoms with Crippen LogP contribution >= 0.6 is 0 Å². The lowest BCUT2D eigenvalue weighted by atomic mass is 9.96. The molecule has 27 heavy (non-hydrogen) atoms. The second-order valence-corrected chi connectivity index (χ2v) is 7.07. The van der Waals surface area contributed by atoms with Crippen LogP contribution < -0.4 is 5.32 Å². The molecular weight excluding hydrogens is 338 g/mol. The largest absolute Gasteiger partial charge is 0.355 e. The topological polar surface area (TPSA) is 62.3 Å². The maximum atomic E-state index is 12.5. The standard InChI is InChI=1S/C22H27N3O2/c26-21-11-10-20(22(27)24-14-12-19-8-4-13-23-16-19)17-25(21)15-5-9-18-6-2-1-3-7-18/h1-4,6-8,13,16,20H,5,9-12,14-15,17H2,(H,24,27). The maximum absolute atomic E-state index is 12.5. The van der Waals surface area contributed by atoms with Crippen molar-refractivity contribution in [1.29, 1.82) is 0 Å². The molecule has 1 N–H and O–H groups in total. The molecule has 1 fully saturated rings. The molecule has 0 radical (unpaired) electrons. The summed E-state index contributed by atoms with van der Waals surface area (Å²) in [5.41, 5.74) is 2.39. The van der Waals surface area contributed by atoms with Gasteiger partial charge in [0.2, 0.25) is 11.8 Å². The van der Waals surface area contributed by atoms with E-state index in [1.54, 1.807) is 6.20 Å². The average molecular weight is 365 g/mol. The van der Waals surface area contributed by atoms with Gasteiger partial charge in [-0.3, -0.25) is 14.6 Å². The Morgan fingerprint density at radius 3 is 2.70 bits per heavy atom. The van der Waals surface area contributed by atoms with E-state index in [4.69, 9.17) is 0 Å². The minimum Gasteiger partial charge on any atom is -0.355 e. The van der Waals surface area contributed by atoms with Crippen molar-refractivity contribution < 1.29 is 9.59 Å². The number of nitrogens with one attached hydrogen (secondary N) is 1. The SMILES string of the molecule is O=C(NCCc1cccnc1)C1CCC(=O)N(CCCc2ccccc2)C1. The number of aryl methyl sites for hydroxylation is 1. The number of likely N-dealkylation sites (tertiary alicyclic amines) is 1. The molecule has 142 valence electrons. The van der Waals surface area contributed by atoms with Crippen LogP contribution in [0.25, 0.3) is 0 Å². The summed E-state index contributed by atoms with van der Waals surface area (Å²) in [6.45, 7) is 1.85. The number of benzene rings is 1. The molecular formula is C22H27N3O2. The Kier molecular flexibility index (Phi) is 6.97. The van der Waals surface area contributed by atoms with Gasteiger partial charge in [0.15, 0.2) is 0 Å². The van der Waals surface area contributed by atoms with Crippen molar-refractivity contribution in [3.63, 3.8) is 0 Å². The van der Waals surface area contributed by atoms with Gasteiger partial charge in [-0.15, -0.1) is 0 Å². The Hall–Kier alpha value is -2.69. The van der Waals surface area contributed by atoms with E-state index in [-0.39, 0.29) is 17.7 Å². The van der Waals surface area contributed by atoms with Gasteiger partial charge >= 0.3 is 0 Å². The van der Waals surface area contributed by atoms with E-state index in [0.717, 1.165) is 24.8 Å². The Morgan fingerprint density at radius 2 is 1.93 bits per heavy atom. The number of carbonyl (C=O) groups is 2. The zero-order chi connectivity index (χ0) is 18.9. The van der Waals surface area contributed by atoms with Crippen LogP contribution in [0.4, 0.5) is 0 Å². The first-order valence-corrected chi connectivity index (χ1v) is 9.70. The van der Waals surface area contributed by atoms with Crippen LogP contribution in [0.1, 0.15) is 30.4 Å². The highest BCUT2D eigenvalue weighted by Gasteiger charge is 2.29. The second-order valence-electron chi connectivity index (χ2n) is 7.07. The lowest BCUT2D eigenvalue weighted by Crippen LogP contribution is -2.46. The molecule has 5 heteroatoms. The predicted octanol–water partition coefficient (Wildman–Crippen LogP) is 2.61. The molecule has 2 aromatic rings. The predicted molar refractivity (Wildman–Crippen MR) is 105 cm³/mol. The van der Waals surface area contributed by atoms with Crippen molar-refractivity contribution in [3.05, 3.63) is 66.0 Å². The normalized spacial score (nSPS) is 17.0. The van der Waals surface area contributed by atoms with Gasteiger partial charge in [-0.2, -0.15) is 0 Å². The second kappa shape index (κ2) is 9.86. The first kappa shape index (κ1) is 19.1. The average Bonchev–Trinajstić information content (AvgIpc) is 2.71. The van der Waals surface area contributed by atoms with Gasteiger partial charge in [-0.05, 0) is 42.9 Å². The van der Waals surface area contributed by atoms with Crippen molar-refractivity contribution in [2.45, 2.75) is 32.1 Å². The van der Waals surface area contributed by atoms with Crippen LogP contribution in [0.15, 0.2) is 54.9 Å². The molecule has 2 heterocycles. The molecule has 1 aliphatic rings. The van der Waals surface area contributed by atoms with Crippen LogP contribution in [-0.4, -0.2) is 41.3 Å². The molecule has 0 aliphatic carbocycles. The molecule has 3 rings (SSSR count). The van der Waals surface area contributed by atoms with Crippen LogP contribution in [0.2, 0.25) is 0 Å². The number of carbonyl (C=O) groups excluding carboxylic acids is 2. The van der Waals surface area contributed by atoms with E-state index in [2.05, 4.69) is 22.4 Å². The molecule has 2 amide bonds. The quantitative estimate of drug-likeness (QED) is 0.782. The van der Waals surface area contributed by atoms with Crippen molar-refractivity contribution in [2.75, 3.05) is 19.6 Å². The number of piperidine rings is 1. The smallest absolute Gasteiger partial charge is 0.224 e. The highest BCUT2D eigenvalue weighted by molar-refractivity contribution is 5.83. The third-order valence-electron chi connectivity index (χ3n) is 5.04. The maximum Gasteiger partial charge on any atom is 0.224 e. The Morgan fingerprint density at radius 1 is 1.11 bits per heavy atom. The number of hydrogen-bond donors (Lipinski definition) is 1.